The minimum absolute atomic E-state index is 0.0487. The Kier molecular flexibility index (Phi) is 4.79. The third kappa shape index (κ3) is 3.09. The van der Waals surface area contributed by atoms with Crippen molar-refractivity contribution >= 4 is 29.1 Å². The molecule has 2 heterocycles. The number of benzene rings is 1. The second-order valence-electron chi connectivity index (χ2n) is 5.81. The Labute approximate surface area is 152 Å². The first-order valence-electron chi connectivity index (χ1n) is 7.87. The number of halogens is 4. The van der Waals surface area contributed by atoms with Crippen LogP contribution in [-0.2, 0) is 9.53 Å². The summed E-state index contributed by atoms with van der Waals surface area (Å²) in [5, 5.41) is 6.75. The number of H-pyrrole nitrogens is 1. The van der Waals surface area contributed by atoms with Gasteiger partial charge >= 0.3 is 12.1 Å². The van der Waals surface area contributed by atoms with Crippen molar-refractivity contribution in [2.75, 3.05) is 6.61 Å². The summed E-state index contributed by atoms with van der Waals surface area (Å²) in [4.78, 5) is 16.1. The summed E-state index contributed by atoms with van der Waals surface area (Å²) >= 11 is 6.25. The van der Waals surface area contributed by atoms with E-state index in [0.29, 0.717) is 16.8 Å². The molecule has 1 aromatic carbocycles. The maximum absolute atomic E-state index is 13.7. The molecule has 26 heavy (non-hydrogen) atoms. The zero-order valence-electron chi connectivity index (χ0n) is 13.9. The fraction of sp³-hybridized carbons (Fsp3) is 0.353. The van der Waals surface area contributed by atoms with Crippen molar-refractivity contribution in [1.29, 1.82) is 0 Å². The van der Waals surface area contributed by atoms with Gasteiger partial charge in [0.2, 0.25) is 0 Å². The lowest BCUT2D eigenvalue weighted by Crippen LogP contribution is -2.42. The molecule has 0 bridgehead atoms. The molecule has 0 saturated carbocycles. The minimum Gasteiger partial charge on any atom is -0.465 e. The molecular weight excluding hydrogens is 371 g/mol. The Bertz CT molecular complexity index is 876. The highest BCUT2D eigenvalue weighted by Crippen LogP contribution is 2.47. The number of carbonyl (C=O) groups excluding carboxylic acids is 1. The molecule has 2 unspecified atom stereocenters. The molecule has 1 aromatic heterocycles. The van der Waals surface area contributed by atoms with Crippen LogP contribution in [0.4, 0.5) is 19.0 Å². The van der Waals surface area contributed by atoms with Gasteiger partial charge in [-0.3, -0.25) is 9.89 Å². The highest BCUT2D eigenvalue weighted by atomic mass is 35.5. The van der Waals surface area contributed by atoms with Crippen LogP contribution in [0.15, 0.2) is 29.3 Å². The molecule has 5 nitrogen and oxygen atoms in total. The van der Waals surface area contributed by atoms with Crippen molar-refractivity contribution in [3.8, 4) is 0 Å². The van der Waals surface area contributed by atoms with Gasteiger partial charge in [0.05, 0.1) is 6.61 Å². The molecular formula is C17H15ClF3N3O2. The lowest BCUT2D eigenvalue weighted by atomic mass is 9.76. The highest BCUT2D eigenvalue weighted by molar-refractivity contribution is 6.31. The Morgan fingerprint density at radius 1 is 1.35 bits per heavy atom. The SMILES string of the molecule is CCOC(=O)C1C(C(F)(F)F)=Nc2n[nH]c(C)c2C1c1ccccc1Cl. The number of hydrogen-bond donors (Lipinski definition) is 1. The molecule has 1 aliphatic heterocycles. The van der Waals surface area contributed by atoms with Crippen LogP contribution in [0.1, 0.15) is 29.7 Å². The summed E-state index contributed by atoms with van der Waals surface area (Å²) in [6, 6.07) is 6.47. The number of hydrogen-bond acceptors (Lipinski definition) is 4. The number of nitrogens with one attached hydrogen (secondary N) is 1. The van der Waals surface area contributed by atoms with Gasteiger partial charge in [0, 0.05) is 22.2 Å². The van der Waals surface area contributed by atoms with Gasteiger partial charge in [-0.1, -0.05) is 29.8 Å². The van der Waals surface area contributed by atoms with Gasteiger partial charge in [0.25, 0.3) is 0 Å². The maximum atomic E-state index is 13.7. The average molecular weight is 386 g/mol. The molecule has 9 heteroatoms. The zero-order valence-corrected chi connectivity index (χ0v) is 14.6. The number of aromatic nitrogens is 2. The van der Waals surface area contributed by atoms with Crippen molar-refractivity contribution in [3.63, 3.8) is 0 Å². The molecule has 1 aliphatic rings. The molecule has 0 radical (unpaired) electrons. The number of carbonyl (C=O) groups is 1. The van der Waals surface area contributed by atoms with E-state index in [0.717, 1.165) is 0 Å². The van der Waals surface area contributed by atoms with E-state index in [2.05, 4.69) is 15.2 Å². The molecule has 2 aromatic rings. The molecule has 138 valence electrons. The molecule has 0 amide bonds. The van der Waals surface area contributed by atoms with E-state index >= 15 is 0 Å². The Morgan fingerprint density at radius 3 is 2.65 bits per heavy atom. The number of nitrogens with zero attached hydrogens (tertiary/aromatic N) is 2. The molecule has 0 saturated heterocycles. The molecule has 0 aliphatic carbocycles. The molecule has 3 rings (SSSR count). The van der Waals surface area contributed by atoms with Gasteiger partial charge in [-0.05, 0) is 25.5 Å². The quantitative estimate of drug-likeness (QED) is 0.799. The summed E-state index contributed by atoms with van der Waals surface area (Å²) in [7, 11) is 0. The van der Waals surface area contributed by atoms with E-state index < -0.39 is 29.7 Å². The first kappa shape index (κ1) is 18.4. The van der Waals surface area contributed by atoms with Gasteiger partial charge in [0.1, 0.15) is 11.6 Å². The van der Waals surface area contributed by atoms with Crippen molar-refractivity contribution < 1.29 is 22.7 Å². The van der Waals surface area contributed by atoms with Gasteiger partial charge in [-0.2, -0.15) is 18.3 Å². The predicted octanol–water partition coefficient (Wildman–Crippen LogP) is 4.33. The predicted molar refractivity (Wildman–Crippen MR) is 89.9 cm³/mol. The smallest absolute Gasteiger partial charge is 0.430 e. The Hall–Kier alpha value is -2.35. The van der Waals surface area contributed by atoms with Gasteiger partial charge in [0.15, 0.2) is 5.82 Å². The minimum atomic E-state index is -4.82. The van der Waals surface area contributed by atoms with Crippen LogP contribution < -0.4 is 0 Å². The number of aryl methyl sites for hydroxylation is 1. The monoisotopic (exact) mass is 385 g/mol. The van der Waals surface area contributed by atoms with Crippen LogP contribution in [0.2, 0.25) is 5.02 Å². The van der Waals surface area contributed by atoms with E-state index in [9.17, 15) is 18.0 Å². The summed E-state index contributed by atoms with van der Waals surface area (Å²) < 4.78 is 46.0. The number of rotatable bonds is 3. The zero-order chi connectivity index (χ0) is 19.1. The summed E-state index contributed by atoms with van der Waals surface area (Å²) in [6.45, 7) is 3.14. The third-order valence-electron chi connectivity index (χ3n) is 4.21. The molecule has 1 N–H and O–H groups in total. The van der Waals surface area contributed by atoms with Crippen molar-refractivity contribution in [3.05, 3.63) is 46.1 Å². The molecule has 0 fully saturated rings. The fourth-order valence-corrected chi connectivity index (χ4v) is 3.43. The second kappa shape index (κ2) is 6.75. The largest absolute Gasteiger partial charge is 0.465 e. The number of fused-ring (bicyclic) bond motifs is 1. The van der Waals surface area contributed by atoms with Gasteiger partial charge in [-0.15, -0.1) is 0 Å². The standard InChI is InChI=1S/C17H15ClF3N3O2/c1-3-26-16(25)13-12(9-6-4-5-7-10(9)18)11-8(2)23-24-15(11)22-14(13)17(19,20)21/h4-7,12-13H,3H2,1-2H3,(H,23,24). The van der Waals surface area contributed by atoms with E-state index in [-0.39, 0.29) is 17.4 Å². The van der Waals surface area contributed by atoms with Crippen LogP contribution in [-0.4, -0.2) is 34.7 Å². The van der Waals surface area contributed by atoms with Crippen LogP contribution >= 0.6 is 11.6 Å². The van der Waals surface area contributed by atoms with E-state index in [1.54, 1.807) is 31.2 Å². The van der Waals surface area contributed by atoms with Crippen LogP contribution in [0.25, 0.3) is 0 Å². The van der Waals surface area contributed by atoms with Crippen LogP contribution in [0.5, 0.6) is 0 Å². The normalized spacial score (nSPS) is 19.7. The van der Waals surface area contributed by atoms with Crippen molar-refractivity contribution in [1.82, 2.24) is 10.2 Å². The van der Waals surface area contributed by atoms with E-state index in [1.807, 2.05) is 0 Å². The topological polar surface area (TPSA) is 67.3 Å². The number of alkyl halides is 3. The number of esters is 1. The van der Waals surface area contributed by atoms with E-state index in [4.69, 9.17) is 16.3 Å². The third-order valence-corrected chi connectivity index (χ3v) is 4.56. The van der Waals surface area contributed by atoms with Crippen LogP contribution in [0, 0.1) is 12.8 Å². The average Bonchev–Trinajstić information content (AvgIpc) is 2.94. The summed E-state index contributed by atoms with van der Waals surface area (Å²) in [6.07, 6.45) is -4.82. The maximum Gasteiger partial charge on any atom is 0.430 e. The van der Waals surface area contributed by atoms with Crippen LogP contribution in [0.3, 0.4) is 0 Å². The number of ether oxygens (including phenoxy) is 1. The highest BCUT2D eigenvalue weighted by Gasteiger charge is 2.52. The first-order valence-corrected chi connectivity index (χ1v) is 8.25. The second-order valence-corrected chi connectivity index (χ2v) is 6.22. The van der Waals surface area contributed by atoms with Gasteiger partial charge < -0.3 is 4.74 Å². The summed E-state index contributed by atoms with van der Waals surface area (Å²) in [5.74, 6) is -3.77. The Morgan fingerprint density at radius 2 is 2.04 bits per heavy atom. The lowest BCUT2D eigenvalue weighted by Gasteiger charge is -2.31. The number of aliphatic imine (C=N–C) groups is 1. The molecule has 0 spiro atoms. The van der Waals surface area contributed by atoms with Gasteiger partial charge in [-0.25, -0.2) is 4.99 Å². The fourth-order valence-electron chi connectivity index (χ4n) is 3.17. The van der Waals surface area contributed by atoms with E-state index in [1.165, 1.54) is 6.92 Å². The number of aromatic amines is 1. The first-order chi connectivity index (χ1) is 12.3. The van der Waals surface area contributed by atoms with Crippen molar-refractivity contribution in [2.24, 2.45) is 10.9 Å². The summed E-state index contributed by atoms with van der Waals surface area (Å²) in [5.41, 5.74) is 0.0721. The Balaban J connectivity index is 2.29. The lowest BCUT2D eigenvalue weighted by molar-refractivity contribution is -0.147. The molecule has 2 atom stereocenters. The van der Waals surface area contributed by atoms with Crippen molar-refractivity contribution in [2.45, 2.75) is 25.9 Å².